The van der Waals surface area contributed by atoms with E-state index in [1.165, 1.54) is 24.6 Å². The van der Waals surface area contributed by atoms with Crippen LogP contribution in [0.4, 0.5) is 5.82 Å². The molecule has 1 amide bonds. The second-order valence-electron chi connectivity index (χ2n) is 8.42. The van der Waals surface area contributed by atoms with Crippen molar-refractivity contribution in [1.82, 2.24) is 14.9 Å². The number of esters is 1. The van der Waals surface area contributed by atoms with Gasteiger partial charge >= 0.3 is 5.97 Å². The van der Waals surface area contributed by atoms with Gasteiger partial charge in [0.05, 0.1) is 18.3 Å². The fourth-order valence-corrected chi connectivity index (χ4v) is 5.02. The maximum atomic E-state index is 12.8. The fourth-order valence-electron chi connectivity index (χ4n) is 4.25. The van der Waals surface area contributed by atoms with E-state index in [0.717, 1.165) is 41.9 Å². The largest absolute Gasteiger partial charge is 0.466 e. The molecule has 2 aromatic heterocycles. The monoisotopic (exact) mass is 472 g/mol. The molecule has 178 valence electrons. The van der Waals surface area contributed by atoms with Gasteiger partial charge in [-0.3, -0.25) is 9.59 Å². The third kappa shape index (κ3) is 5.88. The molecule has 2 aliphatic heterocycles. The number of furan rings is 1. The number of aromatic nitrogens is 2. The van der Waals surface area contributed by atoms with Gasteiger partial charge < -0.3 is 19.0 Å². The quantitative estimate of drug-likeness (QED) is 0.324. The molecule has 2 saturated heterocycles. The highest BCUT2D eigenvalue weighted by Crippen LogP contribution is 2.27. The molecule has 0 bridgehead atoms. The third-order valence-corrected chi connectivity index (χ3v) is 7.03. The number of thioether (sulfide) groups is 1. The minimum atomic E-state index is -0.163. The van der Waals surface area contributed by atoms with Crippen molar-refractivity contribution in [2.45, 2.75) is 56.9 Å². The fraction of sp³-hybridized carbons (Fsp3) is 0.583. The van der Waals surface area contributed by atoms with Crippen molar-refractivity contribution in [3.05, 3.63) is 35.4 Å². The summed E-state index contributed by atoms with van der Waals surface area (Å²) in [7, 11) is 0. The van der Waals surface area contributed by atoms with Crippen molar-refractivity contribution in [2.24, 2.45) is 5.92 Å². The average Bonchev–Trinajstić information content (AvgIpc) is 3.55. The Morgan fingerprint density at radius 1 is 1.12 bits per heavy atom. The first kappa shape index (κ1) is 23.6. The van der Waals surface area contributed by atoms with Gasteiger partial charge in [0.1, 0.15) is 11.6 Å². The van der Waals surface area contributed by atoms with E-state index in [1.807, 2.05) is 13.0 Å². The minimum Gasteiger partial charge on any atom is -0.466 e. The molecule has 8 nitrogen and oxygen atoms in total. The molecule has 0 atom stereocenters. The van der Waals surface area contributed by atoms with Crippen molar-refractivity contribution in [3.8, 4) is 0 Å². The summed E-state index contributed by atoms with van der Waals surface area (Å²) < 4.78 is 11.0. The summed E-state index contributed by atoms with van der Waals surface area (Å²) in [5.41, 5.74) is 1.04. The van der Waals surface area contributed by atoms with E-state index in [1.54, 1.807) is 11.0 Å². The van der Waals surface area contributed by atoms with Gasteiger partial charge in [0.15, 0.2) is 10.9 Å². The molecule has 4 heterocycles. The lowest BCUT2D eigenvalue weighted by Gasteiger charge is -2.30. The Hall–Kier alpha value is -2.55. The Morgan fingerprint density at radius 2 is 1.88 bits per heavy atom. The maximum Gasteiger partial charge on any atom is 0.309 e. The van der Waals surface area contributed by atoms with Crippen molar-refractivity contribution in [3.63, 3.8) is 0 Å². The summed E-state index contributed by atoms with van der Waals surface area (Å²) in [6, 6.07) is 5.66. The molecule has 0 radical (unpaired) electrons. The predicted octanol–water partition coefficient (Wildman–Crippen LogP) is 3.94. The summed E-state index contributed by atoms with van der Waals surface area (Å²) in [5.74, 6) is 2.20. The molecule has 0 spiro atoms. The molecule has 4 rings (SSSR count). The number of ether oxygens (including phenoxy) is 1. The van der Waals surface area contributed by atoms with Crippen LogP contribution in [-0.4, -0.2) is 59.5 Å². The highest BCUT2D eigenvalue weighted by molar-refractivity contribution is 7.98. The highest BCUT2D eigenvalue weighted by atomic mass is 32.2. The number of nitrogens with zero attached hydrogens (tertiary/aromatic N) is 4. The van der Waals surface area contributed by atoms with E-state index >= 15 is 0 Å². The molecule has 0 unspecified atom stereocenters. The normalized spacial score (nSPS) is 16.9. The lowest BCUT2D eigenvalue weighted by molar-refractivity contribution is -0.149. The van der Waals surface area contributed by atoms with Gasteiger partial charge in [0, 0.05) is 37.9 Å². The first-order valence-corrected chi connectivity index (χ1v) is 12.9. The number of aryl methyl sites for hydroxylation is 1. The summed E-state index contributed by atoms with van der Waals surface area (Å²) in [4.78, 5) is 38.2. The van der Waals surface area contributed by atoms with Gasteiger partial charge in [-0.05, 0) is 51.2 Å². The van der Waals surface area contributed by atoms with Crippen LogP contribution in [0.5, 0.6) is 0 Å². The summed E-state index contributed by atoms with van der Waals surface area (Å²) in [6.07, 6.45) is 4.52. The van der Waals surface area contributed by atoms with E-state index in [-0.39, 0.29) is 17.8 Å². The lowest BCUT2D eigenvalue weighted by atomic mass is 9.97. The number of amides is 1. The smallest absolute Gasteiger partial charge is 0.309 e. The van der Waals surface area contributed by atoms with Crippen LogP contribution in [0, 0.1) is 5.92 Å². The van der Waals surface area contributed by atoms with Crippen molar-refractivity contribution in [2.75, 3.05) is 37.7 Å². The Kier molecular flexibility index (Phi) is 7.90. The second kappa shape index (κ2) is 11.0. The molecule has 0 aromatic carbocycles. The minimum absolute atomic E-state index is 0.123. The molecular weight excluding hydrogens is 440 g/mol. The van der Waals surface area contributed by atoms with Crippen LogP contribution in [0.2, 0.25) is 0 Å². The summed E-state index contributed by atoms with van der Waals surface area (Å²) in [5, 5.41) is 0.738. The molecule has 33 heavy (non-hydrogen) atoms. The predicted molar refractivity (Wildman–Crippen MR) is 126 cm³/mol. The molecule has 2 aliphatic rings. The topological polar surface area (TPSA) is 88.8 Å². The van der Waals surface area contributed by atoms with Crippen LogP contribution < -0.4 is 4.90 Å². The van der Waals surface area contributed by atoms with Gasteiger partial charge in [-0.15, -0.1) is 0 Å². The first-order valence-electron chi connectivity index (χ1n) is 11.9. The number of likely N-dealkylation sites (tertiary alicyclic amines) is 1. The van der Waals surface area contributed by atoms with Crippen LogP contribution in [0.25, 0.3) is 0 Å². The van der Waals surface area contributed by atoms with Crippen molar-refractivity contribution < 1.29 is 18.7 Å². The zero-order valence-electron chi connectivity index (χ0n) is 19.4. The van der Waals surface area contributed by atoms with Gasteiger partial charge in [-0.2, -0.15) is 0 Å². The third-order valence-electron chi connectivity index (χ3n) is 6.16. The number of anilines is 1. The molecule has 0 N–H and O–H groups in total. The van der Waals surface area contributed by atoms with Crippen LogP contribution in [0.15, 0.2) is 27.8 Å². The van der Waals surface area contributed by atoms with Crippen molar-refractivity contribution >= 4 is 29.5 Å². The van der Waals surface area contributed by atoms with Crippen LogP contribution in [0.3, 0.4) is 0 Å². The Labute approximate surface area is 199 Å². The number of hydrogen-bond acceptors (Lipinski definition) is 8. The number of hydrogen-bond donors (Lipinski definition) is 0. The van der Waals surface area contributed by atoms with Gasteiger partial charge in [-0.1, -0.05) is 18.7 Å². The van der Waals surface area contributed by atoms with Crippen molar-refractivity contribution in [1.29, 1.82) is 0 Å². The molecule has 2 aromatic rings. The Balaban J connectivity index is 1.33. The van der Waals surface area contributed by atoms with E-state index < -0.39 is 0 Å². The number of carbonyl (C=O) groups excluding carboxylic acids is 2. The Bertz CT molecular complexity index is 965. The zero-order valence-corrected chi connectivity index (χ0v) is 20.2. The van der Waals surface area contributed by atoms with Gasteiger partial charge in [0.25, 0.3) is 5.91 Å². The number of carbonyl (C=O) groups is 2. The van der Waals surface area contributed by atoms with Gasteiger partial charge in [-0.25, -0.2) is 9.97 Å². The molecule has 0 aliphatic carbocycles. The van der Waals surface area contributed by atoms with E-state index in [0.29, 0.717) is 44.1 Å². The van der Waals surface area contributed by atoms with E-state index in [2.05, 4.69) is 22.9 Å². The zero-order chi connectivity index (χ0) is 23.2. The summed E-state index contributed by atoms with van der Waals surface area (Å²) >= 11 is 1.53. The number of piperidine rings is 1. The van der Waals surface area contributed by atoms with E-state index in [9.17, 15) is 9.59 Å². The molecular formula is C24H32N4O4S. The average molecular weight is 473 g/mol. The van der Waals surface area contributed by atoms with Crippen LogP contribution >= 0.6 is 11.8 Å². The van der Waals surface area contributed by atoms with E-state index in [4.69, 9.17) is 14.1 Å². The molecule has 2 fully saturated rings. The first-order chi connectivity index (χ1) is 16.1. The maximum absolute atomic E-state index is 12.8. The number of rotatable bonds is 8. The molecule has 0 saturated carbocycles. The van der Waals surface area contributed by atoms with Crippen LogP contribution in [-0.2, 0) is 21.7 Å². The standard InChI is InChI=1S/C24H32N4O4S/c1-3-18-15-21(27-11-5-6-12-27)26-24(25-18)33-16-19-7-8-20(32-19)22(29)28-13-9-17(10-14-28)23(30)31-4-2/h7-8,15,17H,3-6,9-14,16H2,1-2H3. The van der Waals surface area contributed by atoms with Gasteiger partial charge in [0.2, 0.25) is 0 Å². The Morgan fingerprint density at radius 3 is 2.58 bits per heavy atom. The second-order valence-corrected chi connectivity index (χ2v) is 9.36. The summed E-state index contributed by atoms with van der Waals surface area (Å²) in [6.45, 7) is 7.45. The highest BCUT2D eigenvalue weighted by Gasteiger charge is 2.29. The molecule has 9 heteroatoms. The SMILES string of the molecule is CCOC(=O)C1CCN(C(=O)c2ccc(CSc3nc(CC)cc(N4CCCC4)n3)o2)CC1. The van der Waals surface area contributed by atoms with Crippen LogP contribution in [0.1, 0.15) is 61.5 Å². The lowest BCUT2D eigenvalue weighted by Crippen LogP contribution is -2.40.